The molecule has 1 aliphatic heterocycles. The zero-order valence-electron chi connectivity index (χ0n) is 9.95. The van der Waals surface area contributed by atoms with Crippen LogP contribution < -0.4 is 0 Å². The maximum atomic E-state index is 4.62. The van der Waals surface area contributed by atoms with Crippen LogP contribution in [0.3, 0.4) is 0 Å². The molecular weight excluding hydrogens is 192 g/mol. The molecule has 3 heteroatoms. The van der Waals surface area contributed by atoms with Crippen LogP contribution in [0.25, 0.3) is 0 Å². The van der Waals surface area contributed by atoms with E-state index in [1.54, 1.807) is 0 Å². The van der Waals surface area contributed by atoms with Gasteiger partial charge in [-0.2, -0.15) is 12.6 Å². The Morgan fingerprint density at radius 2 is 1.93 bits per heavy atom. The van der Waals surface area contributed by atoms with Gasteiger partial charge in [0, 0.05) is 19.1 Å². The molecule has 84 valence electrons. The molecule has 0 bridgehead atoms. The molecule has 1 aliphatic rings. The molecule has 1 rings (SSSR count). The topological polar surface area (TPSA) is 6.48 Å². The first-order chi connectivity index (χ1) is 6.49. The van der Waals surface area contributed by atoms with Crippen molar-refractivity contribution in [3.05, 3.63) is 0 Å². The third kappa shape index (κ3) is 2.88. The Hall–Kier alpha value is 0.270. The van der Waals surface area contributed by atoms with Crippen molar-refractivity contribution < 1.29 is 0 Å². The van der Waals surface area contributed by atoms with Crippen molar-refractivity contribution in [1.82, 2.24) is 9.80 Å². The number of thiol groups is 1. The summed E-state index contributed by atoms with van der Waals surface area (Å²) in [4.78, 5) is 5.07. The molecule has 14 heavy (non-hydrogen) atoms. The van der Waals surface area contributed by atoms with Crippen molar-refractivity contribution >= 4 is 12.6 Å². The van der Waals surface area contributed by atoms with Gasteiger partial charge in [0.2, 0.25) is 0 Å². The van der Waals surface area contributed by atoms with Crippen molar-refractivity contribution in [3.63, 3.8) is 0 Å². The maximum absolute atomic E-state index is 4.62. The van der Waals surface area contributed by atoms with Crippen LogP contribution in [0.5, 0.6) is 0 Å². The van der Waals surface area contributed by atoms with E-state index in [0.29, 0.717) is 0 Å². The summed E-state index contributed by atoms with van der Waals surface area (Å²) in [6.07, 6.45) is 1.30. The van der Waals surface area contributed by atoms with Crippen molar-refractivity contribution in [2.75, 3.05) is 26.2 Å². The quantitative estimate of drug-likeness (QED) is 0.719. The Bertz CT molecular complexity index is 173. The summed E-state index contributed by atoms with van der Waals surface area (Å²) in [5.41, 5.74) is 0. The van der Waals surface area contributed by atoms with Crippen LogP contribution in [0.1, 0.15) is 34.1 Å². The lowest BCUT2D eigenvalue weighted by Crippen LogP contribution is -2.42. The molecule has 0 spiro atoms. The SMILES string of the molecule is CCN(CC)C1CCN(C(C)(C)S)C1. The molecule has 2 nitrogen and oxygen atoms in total. The van der Waals surface area contributed by atoms with Gasteiger partial charge in [-0.15, -0.1) is 0 Å². The average Bonchev–Trinajstić information content (AvgIpc) is 2.54. The van der Waals surface area contributed by atoms with Crippen LogP contribution in [-0.4, -0.2) is 46.9 Å². The fourth-order valence-corrected chi connectivity index (χ4v) is 2.46. The first kappa shape index (κ1) is 12.3. The van der Waals surface area contributed by atoms with Gasteiger partial charge in [0.05, 0.1) is 4.87 Å². The van der Waals surface area contributed by atoms with Gasteiger partial charge in [0.25, 0.3) is 0 Å². The Balaban J connectivity index is 2.48. The highest BCUT2D eigenvalue weighted by molar-refractivity contribution is 7.81. The maximum Gasteiger partial charge on any atom is 0.0584 e. The van der Waals surface area contributed by atoms with Gasteiger partial charge < -0.3 is 0 Å². The molecule has 0 saturated carbocycles. The van der Waals surface area contributed by atoms with Gasteiger partial charge >= 0.3 is 0 Å². The minimum Gasteiger partial charge on any atom is -0.300 e. The highest BCUT2D eigenvalue weighted by Crippen LogP contribution is 2.26. The predicted molar refractivity (Wildman–Crippen MR) is 66.0 cm³/mol. The van der Waals surface area contributed by atoms with Crippen LogP contribution in [0, 0.1) is 0 Å². The van der Waals surface area contributed by atoms with Crippen LogP contribution in [-0.2, 0) is 0 Å². The zero-order chi connectivity index (χ0) is 10.8. The van der Waals surface area contributed by atoms with E-state index in [0.717, 1.165) is 6.04 Å². The van der Waals surface area contributed by atoms with Crippen molar-refractivity contribution in [3.8, 4) is 0 Å². The lowest BCUT2D eigenvalue weighted by atomic mass is 10.2. The Morgan fingerprint density at radius 1 is 1.36 bits per heavy atom. The van der Waals surface area contributed by atoms with Crippen molar-refractivity contribution in [2.24, 2.45) is 0 Å². The third-order valence-electron chi connectivity index (χ3n) is 3.27. The number of hydrogen-bond donors (Lipinski definition) is 1. The summed E-state index contributed by atoms with van der Waals surface area (Å²) >= 11 is 4.62. The van der Waals surface area contributed by atoms with Gasteiger partial charge in [0.1, 0.15) is 0 Å². The van der Waals surface area contributed by atoms with E-state index in [1.807, 2.05) is 0 Å². The molecular formula is C11H24N2S. The Kier molecular flexibility index (Phi) is 4.29. The minimum absolute atomic E-state index is 0.0436. The van der Waals surface area contributed by atoms with Crippen LogP contribution >= 0.6 is 12.6 Å². The molecule has 0 radical (unpaired) electrons. The molecule has 1 fully saturated rings. The van der Waals surface area contributed by atoms with Gasteiger partial charge in [-0.05, 0) is 33.4 Å². The lowest BCUT2D eigenvalue weighted by Gasteiger charge is -2.32. The second-order valence-corrected chi connectivity index (χ2v) is 5.70. The Labute approximate surface area is 94.1 Å². The second kappa shape index (κ2) is 4.86. The van der Waals surface area contributed by atoms with Gasteiger partial charge in [-0.3, -0.25) is 9.80 Å². The van der Waals surface area contributed by atoms with Crippen molar-refractivity contribution in [2.45, 2.75) is 45.0 Å². The minimum atomic E-state index is 0.0436. The standard InChI is InChI=1S/C11H24N2S/c1-5-12(6-2)10-7-8-13(9-10)11(3,4)14/h10,14H,5-9H2,1-4H3. The molecule has 0 amide bonds. The van der Waals surface area contributed by atoms with Gasteiger partial charge in [-0.1, -0.05) is 13.8 Å². The first-order valence-electron chi connectivity index (χ1n) is 5.70. The van der Waals surface area contributed by atoms with E-state index in [-0.39, 0.29) is 4.87 Å². The Morgan fingerprint density at radius 3 is 2.29 bits per heavy atom. The monoisotopic (exact) mass is 216 g/mol. The van der Waals surface area contributed by atoms with Crippen LogP contribution in [0.15, 0.2) is 0 Å². The molecule has 1 unspecified atom stereocenters. The molecule has 1 heterocycles. The number of nitrogens with zero attached hydrogens (tertiary/aromatic N) is 2. The van der Waals surface area contributed by atoms with E-state index < -0.39 is 0 Å². The molecule has 0 aromatic carbocycles. The summed E-state index contributed by atoms with van der Waals surface area (Å²) < 4.78 is 0. The van der Waals surface area contributed by atoms with Gasteiger partial charge in [0.15, 0.2) is 0 Å². The van der Waals surface area contributed by atoms with Gasteiger partial charge in [-0.25, -0.2) is 0 Å². The summed E-state index contributed by atoms with van der Waals surface area (Å²) in [5, 5.41) is 0. The van der Waals surface area contributed by atoms with E-state index >= 15 is 0 Å². The molecule has 0 aliphatic carbocycles. The number of likely N-dealkylation sites (N-methyl/N-ethyl adjacent to an activating group) is 1. The average molecular weight is 216 g/mol. The summed E-state index contributed by atoms with van der Waals surface area (Å²) in [5.74, 6) is 0. The molecule has 0 N–H and O–H groups in total. The highest BCUT2D eigenvalue weighted by atomic mass is 32.1. The fourth-order valence-electron chi connectivity index (χ4n) is 2.28. The van der Waals surface area contributed by atoms with E-state index in [2.05, 4.69) is 50.1 Å². The zero-order valence-corrected chi connectivity index (χ0v) is 10.8. The van der Waals surface area contributed by atoms with E-state index in [9.17, 15) is 0 Å². The smallest absolute Gasteiger partial charge is 0.0584 e. The van der Waals surface area contributed by atoms with E-state index in [4.69, 9.17) is 0 Å². The third-order valence-corrected chi connectivity index (χ3v) is 3.55. The van der Waals surface area contributed by atoms with Crippen molar-refractivity contribution in [1.29, 1.82) is 0 Å². The molecule has 1 saturated heterocycles. The normalized spacial score (nSPS) is 24.9. The number of likely N-dealkylation sites (tertiary alicyclic amines) is 1. The van der Waals surface area contributed by atoms with Crippen LogP contribution in [0.4, 0.5) is 0 Å². The first-order valence-corrected chi connectivity index (χ1v) is 6.15. The second-order valence-electron chi connectivity index (χ2n) is 4.60. The predicted octanol–water partition coefficient (Wildman–Crippen LogP) is 2.07. The molecule has 0 aromatic rings. The highest BCUT2D eigenvalue weighted by Gasteiger charge is 2.32. The largest absolute Gasteiger partial charge is 0.300 e. The summed E-state index contributed by atoms with van der Waals surface area (Å²) in [7, 11) is 0. The fraction of sp³-hybridized carbons (Fsp3) is 1.00. The summed E-state index contributed by atoms with van der Waals surface area (Å²) in [6, 6.07) is 0.747. The number of rotatable bonds is 4. The lowest BCUT2D eigenvalue weighted by molar-refractivity contribution is 0.188. The summed E-state index contributed by atoms with van der Waals surface area (Å²) in [6.45, 7) is 13.6. The van der Waals surface area contributed by atoms with E-state index in [1.165, 1.54) is 32.6 Å². The number of hydrogen-bond acceptors (Lipinski definition) is 3. The molecule has 1 atom stereocenters. The van der Waals surface area contributed by atoms with Crippen LogP contribution in [0.2, 0.25) is 0 Å². The molecule has 0 aromatic heterocycles.